The van der Waals surface area contributed by atoms with Crippen LogP contribution in [0.3, 0.4) is 0 Å². The van der Waals surface area contributed by atoms with Crippen molar-refractivity contribution < 1.29 is 4.79 Å². The van der Waals surface area contributed by atoms with Gasteiger partial charge in [-0.2, -0.15) is 0 Å². The van der Waals surface area contributed by atoms with E-state index in [0.717, 1.165) is 43.1 Å². The standard InChI is InChI=1S/C17H22N4OS/c1-20(9-10-21-8-4-7-14(21)22)16-15-12-5-2-3-6-13(12)23-17(15)19-11-18-16/h11H,2-10H2,1H3. The van der Waals surface area contributed by atoms with Gasteiger partial charge in [-0.1, -0.05) is 0 Å². The van der Waals surface area contributed by atoms with Crippen LogP contribution < -0.4 is 4.90 Å². The second-order valence-corrected chi connectivity index (χ2v) is 7.58. The minimum atomic E-state index is 0.291. The Morgan fingerprint density at radius 1 is 1.22 bits per heavy atom. The third-order valence-corrected chi connectivity index (χ3v) is 6.17. The molecular formula is C17H22N4OS. The van der Waals surface area contributed by atoms with Crippen LogP contribution in [0.2, 0.25) is 0 Å². The predicted octanol–water partition coefficient (Wildman–Crippen LogP) is 2.63. The monoisotopic (exact) mass is 330 g/mol. The number of aryl methyl sites for hydroxylation is 2. The Labute approximate surface area is 140 Å². The molecule has 2 aromatic heterocycles. The van der Waals surface area contributed by atoms with E-state index in [0.29, 0.717) is 12.3 Å². The summed E-state index contributed by atoms with van der Waals surface area (Å²) in [6.07, 6.45) is 8.26. The molecule has 4 rings (SSSR count). The van der Waals surface area contributed by atoms with Gasteiger partial charge in [0.2, 0.25) is 5.91 Å². The lowest BCUT2D eigenvalue weighted by Crippen LogP contribution is -2.34. The van der Waals surface area contributed by atoms with Crippen LogP contribution in [0.5, 0.6) is 0 Å². The average molecular weight is 330 g/mol. The van der Waals surface area contributed by atoms with Crippen LogP contribution in [0.25, 0.3) is 10.2 Å². The van der Waals surface area contributed by atoms with Crippen molar-refractivity contribution in [2.45, 2.75) is 38.5 Å². The Morgan fingerprint density at radius 3 is 2.91 bits per heavy atom. The lowest BCUT2D eigenvalue weighted by atomic mass is 9.97. The summed E-state index contributed by atoms with van der Waals surface area (Å²) in [4.78, 5) is 27.6. The number of hydrogen-bond donors (Lipinski definition) is 0. The summed E-state index contributed by atoms with van der Waals surface area (Å²) in [7, 11) is 2.08. The highest BCUT2D eigenvalue weighted by Gasteiger charge is 2.23. The van der Waals surface area contributed by atoms with Gasteiger partial charge in [0, 0.05) is 38.0 Å². The van der Waals surface area contributed by atoms with Crippen LogP contribution in [0.1, 0.15) is 36.1 Å². The number of amides is 1. The molecule has 0 atom stereocenters. The van der Waals surface area contributed by atoms with Crippen LogP contribution >= 0.6 is 11.3 Å². The maximum absolute atomic E-state index is 11.8. The van der Waals surface area contributed by atoms with Crippen LogP contribution in [-0.2, 0) is 17.6 Å². The summed E-state index contributed by atoms with van der Waals surface area (Å²) < 4.78 is 0. The van der Waals surface area contributed by atoms with E-state index in [1.165, 1.54) is 35.1 Å². The number of carbonyl (C=O) groups is 1. The molecule has 1 amide bonds. The molecule has 1 aliphatic carbocycles. The topological polar surface area (TPSA) is 49.3 Å². The Bertz CT molecular complexity index is 742. The van der Waals surface area contributed by atoms with E-state index in [-0.39, 0.29) is 0 Å². The first-order valence-electron chi connectivity index (χ1n) is 8.48. The lowest BCUT2D eigenvalue weighted by Gasteiger charge is -2.23. The van der Waals surface area contributed by atoms with Crippen LogP contribution in [0.15, 0.2) is 6.33 Å². The summed E-state index contributed by atoms with van der Waals surface area (Å²) in [6.45, 7) is 2.51. The van der Waals surface area contributed by atoms with E-state index < -0.39 is 0 Å². The third kappa shape index (κ3) is 2.69. The molecule has 23 heavy (non-hydrogen) atoms. The van der Waals surface area contributed by atoms with Gasteiger partial charge in [0.15, 0.2) is 0 Å². The SMILES string of the molecule is CN(CCN1CCCC1=O)c1ncnc2sc3c(c12)CCCC3. The van der Waals surface area contributed by atoms with Crippen molar-refractivity contribution in [1.82, 2.24) is 14.9 Å². The molecule has 0 unspecified atom stereocenters. The summed E-state index contributed by atoms with van der Waals surface area (Å²) in [6, 6.07) is 0. The van der Waals surface area contributed by atoms with E-state index >= 15 is 0 Å². The summed E-state index contributed by atoms with van der Waals surface area (Å²) in [5.41, 5.74) is 1.47. The molecule has 2 aliphatic rings. The molecule has 1 fully saturated rings. The van der Waals surface area contributed by atoms with Crippen LogP contribution in [-0.4, -0.2) is 47.5 Å². The number of nitrogens with zero attached hydrogens (tertiary/aromatic N) is 4. The summed E-state index contributed by atoms with van der Waals surface area (Å²) >= 11 is 1.83. The Morgan fingerprint density at radius 2 is 2.09 bits per heavy atom. The fourth-order valence-electron chi connectivity index (χ4n) is 3.68. The second kappa shape index (κ2) is 6.07. The summed E-state index contributed by atoms with van der Waals surface area (Å²) in [5, 5.41) is 1.25. The molecule has 0 N–H and O–H groups in total. The summed E-state index contributed by atoms with van der Waals surface area (Å²) in [5.74, 6) is 1.32. The number of likely N-dealkylation sites (tertiary alicyclic amines) is 1. The van der Waals surface area contributed by atoms with Gasteiger partial charge in [-0.15, -0.1) is 11.3 Å². The van der Waals surface area contributed by atoms with Gasteiger partial charge in [0.1, 0.15) is 17.0 Å². The van der Waals surface area contributed by atoms with Crippen LogP contribution in [0, 0.1) is 0 Å². The quantitative estimate of drug-likeness (QED) is 0.865. The largest absolute Gasteiger partial charge is 0.357 e. The van der Waals surface area contributed by atoms with Gasteiger partial charge in [-0.25, -0.2) is 9.97 Å². The fourth-order valence-corrected chi connectivity index (χ4v) is 4.90. The molecule has 0 saturated carbocycles. The smallest absolute Gasteiger partial charge is 0.222 e. The maximum Gasteiger partial charge on any atom is 0.222 e. The van der Waals surface area contributed by atoms with Crippen molar-refractivity contribution in [2.24, 2.45) is 0 Å². The number of thiophene rings is 1. The van der Waals surface area contributed by atoms with E-state index in [1.807, 2.05) is 16.2 Å². The minimum Gasteiger partial charge on any atom is -0.357 e. The van der Waals surface area contributed by atoms with E-state index in [9.17, 15) is 4.79 Å². The molecule has 122 valence electrons. The molecule has 5 nitrogen and oxygen atoms in total. The number of hydrogen-bond acceptors (Lipinski definition) is 5. The Balaban J connectivity index is 1.60. The van der Waals surface area contributed by atoms with Crippen molar-refractivity contribution in [1.29, 1.82) is 0 Å². The van der Waals surface area contributed by atoms with Crippen LogP contribution in [0.4, 0.5) is 5.82 Å². The van der Waals surface area contributed by atoms with Gasteiger partial charge in [-0.3, -0.25) is 4.79 Å². The molecule has 6 heteroatoms. The number of likely N-dealkylation sites (N-methyl/N-ethyl adjacent to an activating group) is 1. The maximum atomic E-state index is 11.8. The number of fused-ring (bicyclic) bond motifs is 3. The number of rotatable bonds is 4. The average Bonchev–Trinajstić information content (AvgIpc) is 3.15. The second-order valence-electron chi connectivity index (χ2n) is 6.49. The van der Waals surface area contributed by atoms with Gasteiger partial charge >= 0.3 is 0 Å². The van der Waals surface area contributed by atoms with Crippen molar-refractivity contribution in [2.75, 3.05) is 31.6 Å². The van der Waals surface area contributed by atoms with Gasteiger partial charge in [0.25, 0.3) is 0 Å². The third-order valence-electron chi connectivity index (χ3n) is 4.97. The van der Waals surface area contributed by atoms with Gasteiger partial charge < -0.3 is 9.80 Å². The Kier molecular flexibility index (Phi) is 3.93. The molecule has 0 aromatic carbocycles. The predicted molar refractivity (Wildman–Crippen MR) is 93.1 cm³/mol. The number of carbonyl (C=O) groups excluding carboxylic acids is 1. The van der Waals surface area contributed by atoms with Gasteiger partial charge in [0.05, 0.1) is 5.39 Å². The first-order valence-corrected chi connectivity index (χ1v) is 9.30. The molecule has 0 radical (unpaired) electrons. The molecular weight excluding hydrogens is 308 g/mol. The first kappa shape index (κ1) is 14.9. The number of anilines is 1. The van der Waals surface area contributed by atoms with Crippen molar-refractivity contribution in [3.05, 3.63) is 16.8 Å². The van der Waals surface area contributed by atoms with E-state index in [1.54, 1.807) is 6.33 Å². The zero-order valence-corrected chi connectivity index (χ0v) is 14.4. The van der Waals surface area contributed by atoms with Crippen molar-refractivity contribution >= 4 is 33.3 Å². The molecule has 1 saturated heterocycles. The highest BCUT2D eigenvalue weighted by molar-refractivity contribution is 7.19. The zero-order chi connectivity index (χ0) is 15.8. The first-order chi connectivity index (χ1) is 11.2. The van der Waals surface area contributed by atoms with E-state index in [4.69, 9.17) is 0 Å². The normalized spacial score (nSPS) is 17.8. The molecule has 0 bridgehead atoms. The highest BCUT2D eigenvalue weighted by atomic mass is 32.1. The van der Waals surface area contributed by atoms with Gasteiger partial charge in [-0.05, 0) is 37.7 Å². The molecule has 0 spiro atoms. The molecule has 2 aromatic rings. The minimum absolute atomic E-state index is 0.291. The lowest BCUT2D eigenvalue weighted by molar-refractivity contribution is -0.127. The fraction of sp³-hybridized carbons (Fsp3) is 0.588. The number of aromatic nitrogens is 2. The highest BCUT2D eigenvalue weighted by Crippen LogP contribution is 2.38. The van der Waals surface area contributed by atoms with Crippen molar-refractivity contribution in [3.63, 3.8) is 0 Å². The zero-order valence-electron chi connectivity index (χ0n) is 13.5. The van der Waals surface area contributed by atoms with E-state index in [2.05, 4.69) is 21.9 Å². The molecule has 3 heterocycles. The molecule has 1 aliphatic heterocycles. The Hall–Kier alpha value is -1.69. The van der Waals surface area contributed by atoms with Crippen molar-refractivity contribution in [3.8, 4) is 0 Å².